The Balaban J connectivity index is 0. The minimum atomic E-state index is -0.502. The first kappa shape index (κ1) is 14.0. The van der Waals surface area contributed by atoms with Crippen LogP contribution in [0.5, 0.6) is 0 Å². The molecule has 0 fully saturated rings. The van der Waals surface area contributed by atoms with E-state index in [2.05, 4.69) is 0 Å². The normalized spacial score (nSPS) is 10.0. The van der Waals surface area contributed by atoms with Gasteiger partial charge in [0.25, 0.3) is 0 Å². The first-order valence-electron chi connectivity index (χ1n) is 3.05. The number of carbonyl (C=O) groups excluding carboxylic acids is 2. The van der Waals surface area contributed by atoms with Crippen LogP contribution in [0.4, 0.5) is 0 Å². The van der Waals surface area contributed by atoms with Crippen molar-refractivity contribution in [2.75, 3.05) is 0 Å². The monoisotopic (exact) mass is 177 g/mol. The average molecular weight is 177 g/mol. The molecule has 0 saturated carbocycles. The number of rotatable bonds is 4. The van der Waals surface area contributed by atoms with Crippen LogP contribution in [0.1, 0.15) is 6.42 Å². The van der Waals surface area contributed by atoms with Crippen LogP contribution in [0.15, 0.2) is 24.3 Å². The van der Waals surface area contributed by atoms with Crippen molar-refractivity contribution in [2.24, 2.45) is 11.5 Å². The predicted octanol–water partition coefficient (Wildman–Crippen LogP) is -0.921. The summed E-state index contributed by atoms with van der Waals surface area (Å²) in [6.45, 7) is 0. The third kappa shape index (κ3) is 12.1. The summed E-state index contributed by atoms with van der Waals surface area (Å²) in [4.78, 5) is 20.2. The molecule has 0 spiro atoms. The number of amides is 2. The first-order valence-corrected chi connectivity index (χ1v) is 3.05. The fraction of sp³-hybridized carbons (Fsp3) is 0.143. The van der Waals surface area contributed by atoms with E-state index in [1.165, 1.54) is 12.2 Å². The van der Waals surface area contributed by atoms with E-state index in [0.717, 1.165) is 0 Å². The second-order valence-electron chi connectivity index (χ2n) is 1.85. The van der Waals surface area contributed by atoms with Crippen molar-refractivity contribution in [1.82, 2.24) is 0 Å². The van der Waals surface area contributed by atoms with E-state index >= 15 is 0 Å². The number of carbonyl (C=O) groups is 2. The van der Waals surface area contributed by atoms with Gasteiger partial charge in [-0.1, -0.05) is 12.2 Å². The molecular formula is C7H10N2NaO2. The zero-order valence-corrected chi connectivity index (χ0v) is 8.99. The van der Waals surface area contributed by atoms with Gasteiger partial charge in [0.05, 0.1) is 0 Å². The summed E-state index contributed by atoms with van der Waals surface area (Å²) in [6.07, 6.45) is 6.02. The Bertz CT molecular complexity index is 189. The molecule has 5 heteroatoms. The summed E-state index contributed by atoms with van der Waals surface area (Å²) < 4.78 is 0. The summed E-state index contributed by atoms with van der Waals surface area (Å²) in [5, 5.41) is 0. The molecule has 0 heterocycles. The molecule has 0 aliphatic rings. The molecule has 0 unspecified atom stereocenters. The Hall–Kier alpha value is -0.580. The van der Waals surface area contributed by atoms with Crippen molar-refractivity contribution in [1.29, 1.82) is 0 Å². The van der Waals surface area contributed by atoms with Crippen molar-refractivity contribution in [3.8, 4) is 0 Å². The Morgan fingerprint density at radius 2 is 1.33 bits per heavy atom. The van der Waals surface area contributed by atoms with Gasteiger partial charge in [-0.3, -0.25) is 9.59 Å². The Morgan fingerprint density at radius 1 is 1.00 bits per heavy atom. The SMILES string of the molecule is NC(=O)C=CCC=CC(N)=O.[Na]. The van der Waals surface area contributed by atoms with Crippen LogP contribution in [0.2, 0.25) is 0 Å². The number of hydrogen-bond donors (Lipinski definition) is 2. The van der Waals surface area contributed by atoms with E-state index in [9.17, 15) is 9.59 Å². The van der Waals surface area contributed by atoms with Gasteiger partial charge < -0.3 is 11.5 Å². The van der Waals surface area contributed by atoms with Gasteiger partial charge in [0.2, 0.25) is 11.8 Å². The minimum Gasteiger partial charge on any atom is -0.366 e. The van der Waals surface area contributed by atoms with Gasteiger partial charge in [0, 0.05) is 29.6 Å². The van der Waals surface area contributed by atoms with Crippen LogP contribution < -0.4 is 11.5 Å². The van der Waals surface area contributed by atoms with Gasteiger partial charge in [0.15, 0.2) is 0 Å². The van der Waals surface area contributed by atoms with Crippen molar-refractivity contribution >= 4 is 41.4 Å². The molecule has 1 radical (unpaired) electrons. The van der Waals surface area contributed by atoms with Crippen LogP contribution in [0.25, 0.3) is 0 Å². The summed E-state index contributed by atoms with van der Waals surface area (Å²) in [7, 11) is 0. The third-order valence-corrected chi connectivity index (χ3v) is 0.836. The van der Waals surface area contributed by atoms with Crippen molar-refractivity contribution < 1.29 is 9.59 Å². The van der Waals surface area contributed by atoms with Crippen LogP contribution in [-0.2, 0) is 9.59 Å². The van der Waals surface area contributed by atoms with Crippen molar-refractivity contribution in [3.63, 3.8) is 0 Å². The Labute approximate surface area is 93.0 Å². The molecule has 0 rings (SSSR count). The van der Waals surface area contributed by atoms with E-state index in [1.807, 2.05) is 0 Å². The van der Waals surface area contributed by atoms with Gasteiger partial charge >= 0.3 is 0 Å². The molecule has 12 heavy (non-hydrogen) atoms. The largest absolute Gasteiger partial charge is 0.366 e. The maximum atomic E-state index is 10.1. The van der Waals surface area contributed by atoms with Crippen LogP contribution in [0, 0.1) is 0 Å². The molecule has 0 atom stereocenters. The zero-order valence-electron chi connectivity index (χ0n) is 6.99. The van der Waals surface area contributed by atoms with Crippen LogP contribution in [0.3, 0.4) is 0 Å². The van der Waals surface area contributed by atoms with Gasteiger partial charge in [-0.05, 0) is 18.6 Å². The molecular weight excluding hydrogens is 167 g/mol. The molecule has 4 N–H and O–H groups in total. The second-order valence-corrected chi connectivity index (χ2v) is 1.85. The van der Waals surface area contributed by atoms with E-state index in [0.29, 0.717) is 6.42 Å². The quantitative estimate of drug-likeness (QED) is 0.429. The number of nitrogens with two attached hydrogens (primary N) is 2. The topological polar surface area (TPSA) is 86.2 Å². The number of hydrogen-bond acceptors (Lipinski definition) is 2. The maximum absolute atomic E-state index is 10.1. The summed E-state index contributed by atoms with van der Waals surface area (Å²) in [5.41, 5.74) is 9.59. The molecule has 0 aromatic rings. The molecule has 0 aliphatic carbocycles. The van der Waals surface area contributed by atoms with Gasteiger partial charge in [-0.2, -0.15) is 0 Å². The first-order chi connectivity index (χ1) is 5.13. The molecule has 0 saturated heterocycles. The van der Waals surface area contributed by atoms with Crippen molar-refractivity contribution in [2.45, 2.75) is 6.42 Å². The molecule has 2 amide bonds. The van der Waals surface area contributed by atoms with Crippen LogP contribution in [-0.4, -0.2) is 41.4 Å². The Kier molecular flexibility index (Phi) is 9.92. The fourth-order valence-corrected chi connectivity index (χ4v) is 0.447. The minimum absolute atomic E-state index is 0. The van der Waals surface area contributed by atoms with Gasteiger partial charge in [0.1, 0.15) is 0 Å². The number of primary amides is 2. The molecule has 0 bridgehead atoms. The third-order valence-electron chi connectivity index (χ3n) is 0.836. The fourth-order valence-electron chi connectivity index (χ4n) is 0.447. The standard InChI is InChI=1S/C7H10N2O2.Na/c8-6(10)4-2-1-3-5-7(9)11;/h2-5H,1H2,(H2,8,10)(H2,9,11);. The zero-order chi connectivity index (χ0) is 8.69. The maximum Gasteiger partial charge on any atom is 0.241 e. The summed E-state index contributed by atoms with van der Waals surface area (Å²) in [5.74, 6) is -1.00. The molecule has 0 aliphatic heterocycles. The van der Waals surface area contributed by atoms with Crippen LogP contribution >= 0.6 is 0 Å². The van der Waals surface area contributed by atoms with E-state index in [-0.39, 0.29) is 29.6 Å². The van der Waals surface area contributed by atoms with E-state index in [1.54, 1.807) is 12.2 Å². The molecule has 0 aromatic carbocycles. The molecule has 61 valence electrons. The summed E-state index contributed by atoms with van der Waals surface area (Å²) >= 11 is 0. The average Bonchev–Trinajstić information content (AvgIpc) is 1.85. The molecule has 0 aromatic heterocycles. The smallest absolute Gasteiger partial charge is 0.241 e. The van der Waals surface area contributed by atoms with Gasteiger partial charge in [-0.25, -0.2) is 0 Å². The summed E-state index contributed by atoms with van der Waals surface area (Å²) in [6, 6.07) is 0. The van der Waals surface area contributed by atoms with E-state index in [4.69, 9.17) is 11.5 Å². The van der Waals surface area contributed by atoms with Crippen molar-refractivity contribution in [3.05, 3.63) is 24.3 Å². The predicted molar refractivity (Wildman–Crippen MR) is 47.0 cm³/mol. The molecule has 4 nitrogen and oxygen atoms in total. The van der Waals surface area contributed by atoms with E-state index < -0.39 is 11.8 Å². The Morgan fingerprint density at radius 3 is 1.58 bits per heavy atom. The second kappa shape index (κ2) is 8.52. The number of allylic oxidation sites excluding steroid dienone is 2. The van der Waals surface area contributed by atoms with Gasteiger partial charge in [-0.15, -0.1) is 0 Å².